The summed E-state index contributed by atoms with van der Waals surface area (Å²) in [7, 11) is 0. The molecule has 30 heavy (non-hydrogen) atoms. The summed E-state index contributed by atoms with van der Waals surface area (Å²) in [5.74, 6) is 0.104. The standard InChI is InChI=1S/C23H26N2O5/c1-2-29-23(27)20-16-25(9-8-17-6-4-3-5-7-17)22-19(21(20)26)14-18(30-22)15-24-10-12-28-13-11-24/h3-7,14,16H,2,8-13,15H2,1H3. The van der Waals surface area contributed by atoms with Crippen LogP contribution in [0.4, 0.5) is 0 Å². The van der Waals surface area contributed by atoms with Gasteiger partial charge in [0.2, 0.25) is 11.1 Å². The number of nitrogens with zero attached hydrogens (tertiary/aromatic N) is 2. The van der Waals surface area contributed by atoms with E-state index in [1.807, 2.05) is 22.8 Å². The average molecular weight is 410 g/mol. The van der Waals surface area contributed by atoms with Crippen LogP contribution in [0.5, 0.6) is 0 Å². The lowest BCUT2D eigenvalue weighted by Crippen LogP contribution is -2.35. The summed E-state index contributed by atoms with van der Waals surface area (Å²) in [6, 6.07) is 11.8. The van der Waals surface area contributed by atoms with Gasteiger partial charge in [-0.05, 0) is 25.0 Å². The molecular weight excluding hydrogens is 384 g/mol. The van der Waals surface area contributed by atoms with E-state index in [-0.39, 0.29) is 17.6 Å². The van der Waals surface area contributed by atoms with Gasteiger partial charge in [-0.25, -0.2) is 4.79 Å². The van der Waals surface area contributed by atoms with E-state index in [9.17, 15) is 9.59 Å². The summed E-state index contributed by atoms with van der Waals surface area (Å²) >= 11 is 0. The maximum absolute atomic E-state index is 13.0. The number of aromatic nitrogens is 1. The molecule has 0 radical (unpaired) electrons. The Labute approximate surface area is 174 Å². The van der Waals surface area contributed by atoms with Crippen LogP contribution in [0.1, 0.15) is 28.6 Å². The van der Waals surface area contributed by atoms with Gasteiger partial charge >= 0.3 is 5.97 Å². The molecule has 0 atom stereocenters. The van der Waals surface area contributed by atoms with E-state index in [0.717, 1.165) is 19.5 Å². The van der Waals surface area contributed by atoms with Crippen molar-refractivity contribution in [3.63, 3.8) is 0 Å². The minimum Gasteiger partial charge on any atom is -0.462 e. The molecule has 1 aromatic carbocycles. The lowest BCUT2D eigenvalue weighted by atomic mass is 10.1. The van der Waals surface area contributed by atoms with Crippen molar-refractivity contribution in [2.24, 2.45) is 0 Å². The Morgan fingerprint density at radius 2 is 1.93 bits per heavy atom. The van der Waals surface area contributed by atoms with Crippen molar-refractivity contribution in [1.29, 1.82) is 0 Å². The smallest absolute Gasteiger partial charge is 0.343 e. The molecule has 1 saturated heterocycles. The summed E-state index contributed by atoms with van der Waals surface area (Å²) in [5, 5.41) is 0.414. The van der Waals surface area contributed by atoms with E-state index in [4.69, 9.17) is 13.9 Å². The molecule has 158 valence electrons. The van der Waals surface area contributed by atoms with Crippen LogP contribution in [0.15, 0.2) is 51.8 Å². The van der Waals surface area contributed by atoms with Crippen LogP contribution >= 0.6 is 0 Å². The number of aryl methyl sites for hydroxylation is 2. The average Bonchev–Trinajstić information content (AvgIpc) is 3.19. The van der Waals surface area contributed by atoms with E-state index in [0.29, 0.717) is 43.2 Å². The highest BCUT2D eigenvalue weighted by molar-refractivity contribution is 5.93. The molecule has 0 saturated carbocycles. The largest absolute Gasteiger partial charge is 0.462 e. The number of hydrogen-bond acceptors (Lipinski definition) is 6. The molecule has 4 rings (SSSR count). The number of carbonyl (C=O) groups is 1. The summed E-state index contributed by atoms with van der Waals surface area (Å²) in [6.07, 6.45) is 2.31. The van der Waals surface area contributed by atoms with Crippen LogP contribution in [0.25, 0.3) is 11.1 Å². The molecule has 2 aromatic heterocycles. The first kappa shape index (κ1) is 20.4. The zero-order chi connectivity index (χ0) is 20.9. The quantitative estimate of drug-likeness (QED) is 0.558. The van der Waals surface area contributed by atoms with E-state index in [2.05, 4.69) is 17.0 Å². The summed E-state index contributed by atoms with van der Waals surface area (Å²) in [4.78, 5) is 27.6. The second-order valence-electron chi connectivity index (χ2n) is 7.34. The molecule has 0 spiro atoms. The lowest BCUT2D eigenvalue weighted by Gasteiger charge is -2.25. The van der Waals surface area contributed by atoms with E-state index in [1.54, 1.807) is 19.2 Å². The number of fused-ring (bicyclic) bond motifs is 1. The molecular formula is C23H26N2O5. The van der Waals surface area contributed by atoms with Gasteiger partial charge < -0.3 is 18.5 Å². The molecule has 1 fully saturated rings. The minimum atomic E-state index is -0.603. The maximum Gasteiger partial charge on any atom is 0.343 e. The van der Waals surface area contributed by atoms with Crippen molar-refractivity contribution in [2.75, 3.05) is 32.9 Å². The van der Waals surface area contributed by atoms with Gasteiger partial charge in [0.1, 0.15) is 11.3 Å². The van der Waals surface area contributed by atoms with Crippen molar-refractivity contribution in [2.45, 2.75) is 26.4 Å². The fraction of sp³-hybridized carbons (Fsp3) is 0.391. The SMILES string of the molecule is CCOC(=O)c1cn(CCc2ccccc2)c2oc(CN3CCOCC3)cc2c1=O. The Balaban J connectivity index is 1.69. The molecule has 0 amide bonds. The Hall–Kier alpha value is -2.90. The lowest BCUT2D eigenvalue weighted by molar-refractivity contribution is 0.0315. The van der Waals surface area contributed by atoms with Crippen LogP contribution in [0, 0.1) is 0 Å². The van der Waals surface area contributed by atoms with Gasteiger partial charge in [-0.1, -0.05) is 30.3 Å². The minimum absolute atomic E-state index is 0.0381. The summed E-state index contributed by atoms with van der Waals surface area (Å²) < 4.78 is 18.4. The molecule has 0 bridgehead atoms. The normalized spacial score (nSPS) is 14.8. The number of furan rings is 1. The highest BCUT2D eigenvalue weighted by Gasteiger charge is 2.21. The van der Waals surface area contributed by atoms with Crippen molar-refractivity contribution < 1.29 is 18.7 Å². The van der Waals surface area contributed by atoms with Gasteiger partial charge in [0, 0.05) is 25.8 Å². The molecule has 7 nitrogen and oxygen atoms in total. The Morgan fingerprint density at radius 3 is 2.67 bits per heavy atom. The monoisotopic (exact) mass is 410 g/mol. The molecule has 3 heterocycles. The van der Waals surface area contributed by atoms with Gasteiger partial charge in [-0.3, -0.25) is 9.69 Å². The molecule has 0 aliphatic carbocycles. The van der Waals surface area contributed by atoms with E-state index >= 15 is 0 Å². The van der Waals surface area contributed by atoms with Crippen LogP contribution in [-0.2, 0) is 29.0 Å². The van der Waals surface area contributed by atoms with Crippen LogP contribution < -0.4 is 5.43 Å². The third kappa shape index (κ3) is 4.47. The van der Waals surface area contributed by atoms with Gasteiger partial charge in [-0.2, -0.15) is 0 Å². The van der Waals surface area contributed by atoms with Crippen molar-refractivity contribution in [3.05, 3.63) is 69.7 Å². The predicted molar refractivity (Wildman–Crippen MR) is 113 cm³/mol. The van der Waals surface area contributed by atoms with Crippen molar-refractivity contribution in [3.8, 4) is 0 Å². The molecule has 1 aliphatic heterocycles. The number of carbonyl (C=O) groups excluding carboxylic acids is 1. The molecule has 1 aliphatic rings. The Bertz CT molecular complexity index is 1060. The number of hydrogen-bond donors (Lipinski definition) is 0. The first-order valence-corrected chi connectivity index (χ1v) is 10.3. The van der Waals surface area contributed by atoms with Crippen LogP contribution in [-0.4, -0.2) is 48.3 Å². The third-order valence-electron chi connectivity index (χ3n) is 5.26. The van der Waals surface area contributed by atoms with Crippen molar-refractivity contribution in [1.82, 2.24) is 9.47 Å². The summed E-state index contributed by atoms with van der Waals surface area (Å²) in [5.41, 5.74) is 1.35. The zero-order valence-electron chi connectivity index (χ0n) is 17.1. The predicted octanol–water partition coefficient (Wildman–Crippen LogP) is 2.85. The summed E-state index contributed by atoms with van der Waals surface area (Å²) in [6.45, 7) is 6.15. The number of pyridine rings is 1. The Kier molecular flexibility index (Phi) is 6.30. The van der Waals surface area contributed by atoms with Gasteiger partial charge in [0.25, 0.3) is 0 Å². The van der Waals surface area contributed by atoms with Crippen LogP contribution in [0.2, 0.25) is 0 Å². The first-order chi connectivity index (χ1) is 14.7. The highest BCUT2D eigenvalue weighted by Crippen LogP contribution is 2.20. The number of rotatable bonds is 7. The van der Waals surface area contributed by atoms with E-state index < -0.39 is 5.97 Å². The van der Waals surface area contributed by atoms with Gasteiger partial charge in [-0.15, -0.1) is 0 Å². The highest BCUT2D eigenvalue weighted by atomic mass is 16.5. The Morgan fingerprint density at radius 1 is 1.17 bits per heavy atom. The van der Waals surface area contributed by atoms with E-state index in [1.165, 1.54) is 5.56 Å². The second kappa shape index (κ2) is 9.28. The van der Waals surface area contributed by atoms with Gasteiger partial charge in [0.05, 0.1) is 31.8 Å². The molecule has 3 aromatic rings. The maximum atomic E-state index is 13.0. The number of morpholine rings is 1. The number of ether oxygens (including phenoxy) is 2. The number of esters is 1. The first-order valence-electron chi connectivity index (χ1n) is 10.3. The topological polar surface area (TPSA) is 73.9 Å². The number of benzene rings is 1. The zero-order valence-corrected chi connectivity index (χ0v) is 17.1. The molecule has 0 N–H and O–H groups in total. The third-order valence-corrected chi connectivity index (χ3v) is 5.26. The van der Waals surface area contributed by atoms with Crippen LogP contribution in [0.3, 0.4) is 0 Å². The fourth-order valence-electron chi connectivity index (χ4n) is 3.70. The molecule has 7 heteroatoms. The van der Waals surface area contributed by atoms with Gasteiger partial charge in [0.15, 0.2) is 0 Å². The second-order valence-corrected chi connectivity index (χ2v) is 7.34. The molecule has 0 unspecified atom stereocenters. The fourth-order valence-corrected chi connectivity index (χ4v) is 3.70. The van der Waals surface area contributed by atoms with Crippen molar-refractivity contribution >= 4 is 17.1 Å².